The third-order valence-electron chi connectivity index (χ3n) is 3.65. The van der Waals surface area contributed by atoms with Gasteiger partial charge in [0.1, 0.15) is 0 Å². The molecule has 0 radical (unpaired) electrons. The highest BCUT2D eigenvalue weighted by Crippen LogP contribution is 2.11. The Bertz CT molecular complexity index is 425. The number of amides is 1. The van der Waals surface area contributed by atoms with Crippen LogP contribution in [0.25, 0.3) is 0 Å². The van der Waals surface area contributed by atoms with E-state index in [4.69, 9.17) is 5.73 Å². The normalized spacial score (nSPS) is 17.4. The molecule has 19 heavy (non-hydrogen) atoms. The monoisotopic (exact) mass is 261 g/mol. The van der Waals surface area contributed by atoms with Gasteiger partial charge in [0, 0.05) is 37.8 Å². The summed E-state index contributed by atoms with van der Waals surface area (Å²) in [5, 5.41) is 3.13. The Morgan fingerprint density at radius 3 is 2.79 bits per heavy atom. The van der Waals surface area contributed by atoms with Crippen molar-refractivity contribution in [1.29, 1.82) is 0 Å². The number of piperidine rings is 1. The lowest BCUT2D eigenvalue weighted by Gasteiger charge is -2.32. The summed E-state index contributed by atoms with van der Waals surface area (Å²) in [6.45, 7) is 5.72. The van der Waals surface area contributed by atoms with Gasteiger partial charge >= 0.3 is 0 Å². The lowest BCUT2D eigenvalue weighted by Crippen LogP contribution is -2.45. The average molecular weight is 261 g/mol. The number of hydrogen-bond acceptors (Lipinski definition) is 3. The lowest BCUT2D eigenvalue weighted by molar-refractivity contribution is 0.0912. The first-order chi connectivity index (χ1) is 9.19. The molecule has 1 aromatic rings. The predicted octanol–water partition coefficient (Wildman–Crippen LogP) is 1.15. The van der Waals surface area contributed by atoms with Gasteiger partial charge < -0.3 is 16.0 Å². The second kappa shape index (κ2) is 6.68. The van der Waals surface area contributed by atoms with Crippen molar-refractivity contribution < 1.29 is 4.79 Å². The molecule has 4 heteroatoms. The number of hydrogen-bond donors (Lipinski definition) is 2. The highest BCUT2D eigenvalue weighted by atomic mass is 16.1. The van der Waals surface area contributed by atoms with Gasteiger partial charge in [-0.2, -0.15) is 0 Å². The molecule has 1 aliphatic heterocycles. The van der Waals surface area contributed by atoms with Gasteiger partial charge in [0.25, 0.3) is 5.91 Å². The summed E-state index contributed by atoms with van der Waals surface area (Å²) in [4.78, 5) is 14.5. The van der Waals surface area contributed by atoms with Gasteiger partial charge in [-0.3, -0.25) is 4.79 Å². The molecule has 0 bridgehead atoms. The second-order valence-electron chi connectivity index (χ2n) is 5.25. The maximum absolute atomic E-state index is 12.1. The van der Waals surface area contributed by atoms with Crippen LogP contribution < -0.4 is 11.1 Å². The fourth-order valence-corrected chi connectivity index (χ4v) is 2.54. The van der Waals surface area contributed by atoms with Gasteiger partial charge in [-0.15, -0.1) is 0 Å². The van der Waals surface area contributed by atoms with Gasteiger partial charge in [0.05, 0.1) is 0 Å². The van der Waals surface area contributed by atoms with E-state index in [0.717, 1.165) is 43.6 Å². The molecule has 1 fully saturated rings. The van der Waals surface area contributed by atoms with Crippen LogP contribution in [0.1, 0.15) is 28.8 Å². The summed E-state index contributed by atoms with van der Waals surface area (Å²) in [6, 6.07) is 8.02. The van der Waals surface area contributed by atoms with Crippen LogP contribution in [-0.4, -0.2) is 43.0 Å². The van der Waals surface area contributed by atoms with E-state index in [9.17, 15) is 4.79 Å². The molecule has 1 aromatic carbocycles. The molecule has 0 aromatic heterocycles. The maximum atomic E-state index is 12.1. The van der Waals surface area contributed by atoms with Crippen molar-refractivity contribution in [2.45, 2.75) is 25.8 Å². The first kappa shape index (κ1) is 14.0. The van der Waals surface area contributed by atoms with Crippen molar-refractivity contribution >= 4 is 5.91 Å². The Labute approximate surface area is 115 Å². The van der Waals surface area contributed by atoms with Crippen molar-refractivity contribution in [3.63, 3.8) is 0 Å². The molecule has 0 aliphatic carbocycles. The van der Waals surface area contributed by atoms with Crippen LogP contribution in [0.15, 0.2) is 24.3 Å². The topological polar surface area (TPSA) is 58.4 Å². The fourth-order valence-electron chi connectivity index (χ4n) is 2.54. The lowest BCUT2D eigenvalue weighted by atomic mass is 10.0. The van der Waals surface area contributed by atoms with E-state index >= 15 is 0 Å². The van der Waals surface area contributed by atoms with E-state index in [-0.39, 0.29) is 5.91 Å². The van der Waals surface area contributed by atoms with E-state index in [1.807, 2.05) is 31.2 Å². The van der Waals surface area contributed by atoms with Crippen LogP contribution in [0, 0.1) is 6.92 Å². The summed E-state index contributed by atoms with van der Waals surface area (Å²) < 4.78 is 0. The summed E-state index contributed by atoms with van der Waals surface area (Å²) in [6.07, 6.45) is 2.02. The summed E-state index contributed by atoms with van der Waals surface area (Å²) in [7, 11) is 0. The number of rotatable bonds is 4. The zero-order valence-corrected chi connectivity index (χ0v) is 11.6. The molecule has 3 N–H and O–H groups in total. The molecule has 1 heterocycles. The minimum atomic E-state index is 0.0426. The SMILES string of the molecule is Cc1cccc(C(=O)NC2CCN(CCN)CC2)c1. The number of benzene rings is 1. The second-order valence-corrected chi connectivity index (χ2v) is 5.25. The van der Waals surface area contributed by atoms with E-state index in [1.165, 1.54) is 0 Å². The highest BCUT2D eigenvalue weighted by Gasteiger charge is 2.20. The van der Waals surface area contributed by atoms with Crippen LogP contribution in [0.2, 0.25) is 0 Å². The summed E-state index contributed by atoms with van der Waals surface area (Å²) >= 11 is 0. The van der Waals surface area contributed by atoms with Crippen LogP contribution in [0.3, 0.4) is 0 Å². The molecule has 0 spiro atoms. The molecule has 4 nitrogen and oxygen atoms in total. The molecule has 2 rings (SSSR count). The van der Waals surface area contributed by atoms with Gasteiger partial charge in [0.15, 0.2) is 0 Å². The van der Waals surface area contributed by atoms with E-state index < -0.39 is 0 Å². The van der Waals surface area contributed by atoms with Crippen molar-refractivity contribution in [1.82, 2.24) is 10.2 Å². The predicted molar refractivity (Wildman–Crippen MR) is 77.2 cm³/mol. The Morgan fingerprint density at radius 2 is 2.16 bits per heavy atom. The molecule has 1 saturated heterocycles. The fraction of sp³-hybridized carbons (Fsp3) is 0.533. The smallest absolute Gasteiger partial charge is 0.251 e. The van der Waals surface area contributed by atoms with Crippen molar-refractivity contribution in [3.8, 4) is 0 Å². The summed E-state index contributed by atoms with van der Waals surface area (Å²) in [5.74, 6) is 0.0426. The largest absolute Gasteiger partial charge is 0.349 e. The molecule has 0 unspecified atom stereocenters. The molecule has 0 saturated carbocycles. The molecule has 1 aliphatic rings. The molecule has 104 valence electrons. The van der Waals surface area contributed by atoms with Gasteiger partial charge in [0.2, 0.25) is 0 Å². The van der Waals surface area contributed by atoms with Gasteiger partial charge in [-0.1, -0.05) is 17.7 Å². The number of nitrogens with two attached hydrogens (primary N) is 1. The van der Waals surface area contributed by atoms with E-state index in [2.05, 4.69) is 10.2 Å². The van der Waals surface area contributed by atoms with Crippen molar-refractivity contribution in [2.24, 2.45) is 5.73 Å². The average Bonchev–Trinajstić information content (AvgIpc) is 2.41. The Kier molecular flexibility index (Phi) is 4.93. The third kappa shape index (κ3) is 4.04. The number of nitrogens with zero attached hydrogens (tertiary/aromatic N) is 1. The molecular formula is C15H23N3O. The Hall–Kier alpha value is -1.39. The maximum Gasteiger partial charge on any atom is 0.251 e. The standard InChI is InChI=1S/C15H23N3O/c1-12-3-2-4-13(11-12)15(19)17-14-5-8-18(9-6-14)10-7-16/h2-4,11,14H,5-10,16H2,1H3,(H,17,19). The molecule has 1 amide bonds. The van der Waals surface area contributed by atoms with Crippen LogP contribution in [0.4, 0.5) is 0 Å². The molecule has 0 atom stereocenters. The van der Waals surface area contributed by atoms with Crippen LogP contribution in [0.5, 0.6) is 0 Å². The van der Waals surface area contributed by atoms with Crippen molar-refractivity contribution in [2.75, 3.05) is 26.2 Å². The number of likely N-dealkylation sites (tertiary alicyclic amines) is 1. The zero-order valence-electron chi connectivity index (χ0n) is 11.6. The number of aryl methyl sites for hydroxylation is 1. The van der Waals surface area contributed by atoms with E-state index in [1.54, 1.807) is 0 Å². The van der Waals surface area contributed by atoms with E-state index in [0.29, 0.717) is 12.6 Å². The first-order valence-corrected chi connectivity index (χ1v) is 6.99. The summed E-state index contributed by atoms with van der Waals surface area (Å²) in [5.41, 5.74) is 7.42. The minimum Gasteiger partial charge on any atom is -0.349 e. The van der Waals surface area contributed by atoms with Crippen LogP contribution >= 0.6 is 0 Å². The Morgan fingerprint density at radius 1 is 1.42 bits per heavy atom. The van der Waals surface area contributed by atoms with Crippen molar-refractivity contribution in [3.05, 3.63) is 35.4 Å². The minimum absolute atomic E-state index is 0.0426. The van der Waals surface area contributed by atoms with Crippen LogP contribution in [-0.2, 0) is 0 Å². The number of nitrogens with one attached hydrogen (secondary N) is 1. The van der Waals surface area contributed by atoms with Gasteiger partial charge in [-0.05, 0) is 31.9 Å². The number of carbonyl (C=O) groups excluding carboxylic acids is 1. The zero-order chi connectivity index (χ0) is 13.7. The Balaban J connectivity index is 1.84. The highest BCUT2D eigenvalue weighted by molar-refractivity contribution is 5.94. The third-order valence-corrected chi connectivity index (χ3v) is 3.65. The first-order valence-electron chi connectivity index (χ1n) is 6.99. The number of carbonyl (C=O) groups is 1. The molecular weight excluding hydrogens is 238 g/mol. The quantitative estimate of drug-likeness (QED) is 0.855. The van der Waals surface area contributed by atoms with Gasteiger partial charge in [-0.25, -0.2) is 0 Å².